The predicted molar refractivity (Wildman–Crippen MR) is 84.6 cm³/mol. The van der Waals surface area contributed by atoms with Crippen molar-refractivity contribution < 1.29 is 18.9 Å². The fraction of sp³-hybridized carbons (Fsp3) is 0.533. The van der Waals surface area contributed by atoms with Gasteiger partial charge in [-0.2, -0.15) is 4.57 Å². The van der Waals surface area contributed by atoms with Crippen LogP contribution in [-0.4, -0.2) is 17.4 Å². The normalized spacial score (nSPS) is 25.0. The molecule has 0 radical (unpaired) electrons. The fourth-order valence-corrected chi connectivity index (χ4v) is 4.07. The van der Waals surface area contributed by atoms with Gasteiger partial charge < -0.3 is 4.74 Å². The van der Waals surface area contributed by atoms with E-state index in [2.05, 4.69) is 31.9 Å². The van der Waals surface area contributed by atoms with Gasteiger partial charge in [0.1, 0.15) is 0 Å². The molecule has 0 amide bonds. The summed E-state index contributed by atoms with van der Waals surface area (Å²) in [5, 5.41) is 0. The van der Waals surface area contributed by atoms with Crippen LogP contribution < -0.4 is 4.57 Å². The van der Waals surface area contributed by atoms with Crippen molar-refractivity contribution in [3.63, 3.8) is 0 Å². The number of rotatable bonds is 5. The molecular weight excluding hydrogens is 402 g/mol. The average molecular weight is 420 g/mol. The topological polar surface area (TPSA) is 47.3 Å². The molecule has 0 aliphatic carbocycles. The maximum Gasteiger partial charge on any atom is 0.307 e. The molecule has 0 saturated carbocycles. The van der Waals surface area contributed by atoms with Crippen LogP contribution in [0, 0.1) is 5.92 Å². The minimum atomic E-state index is -1.01. The number of nitrogens with zero attached hydrogens (tertiary/aromatic N) is 1. The Balaban J connectivity index is 2.19. The van der Waals surface area contributed by atoms with Gasteiger partial charge in [-0.25, -0.2) is 0 Å². The molecule has 4 nitrogen and oxygen atoms in total. The number of aromatic nitrogens is 1. The first-order chi connectivity index (χ1) is 9.85. The minimum Gasteiger partial charge on any atom is -0.451 e. The third-order valence-corrected chi connectivity index (χ3v) is 4.76. The van der Waals surface area contributed by atoms with Gasteiger partial charge in [-0.15, -0.1) is 0 Å². The van der Waals surface area contributed by atoms with Crippen LogP contribution in [0.15, 0.2) is 27.4 Å². The average Bonchev–Trinajstić information content (AvgIpc) is 2.64. The Morgan fingerprint density at radius 1 is 1.43 bits per heavy atom. The van der Waals surface area contributed by atoms with Gasteiger partial charge in [0.25, 0.3) is 0 Å². The van der Waals surface area contributed by atoms with Crippen molar-refractivity contribution in [2.45, 2.75) is 45.3 Å². The van der Waals surface area contributed by atoms with Crippen molar-refractivity contribution >= 4 is 43.6 Å². The molecular formula is C15H18Br2NO3+. The number of hydrogen-bond donors (Lipinski definition) is 0. The van der Waals surface area contributed by atoms with Crippen molar-refractivity contribution in [1.82, 2.24) is 0 Å². The third-order valence-electron chi connectivity index (χ3n) is 3.89. The number of carbonyl (C=O) groups is 2. The highest BCUT2D eigenvalue weighted by atomic mass is 79.9. The molecule has 1 aromatic rings. The standard InChI is InChI=1S/C15H18Br2NO3/c1-3-4-10-5-14(20)21-15(10,2)13(19)9-18-7-11(16)6-12(17)8-18/h6-8,10H,3-5,9H2,1-2H3/q+1. The summed E-state index contributed by atoms with van der Waals surface area (Å²) in [5.41, 5.74) is -1.01. The number of Topliss-reactive ketones (excluding diaryl/α,β-unsaturated/α-hetero) is 1. The van der Waals surface area contributed by atoms with Crippen molar-refractivity contribution in [1.29, 1.82) is 0 Å². The largest absolute Gasteiger partial charge is 0.451 e. The Bertz CT molecular complexity index is 556. The van der Waals surface area contributed by atoms with Crippen LogP contribution in [0.2, 0.25) is 0 Å². The molecule has 2 rings (SSSR count). The first-order valence-electron chi connectivity index (χ1n) is 6.95. The lowest BCUT2D eigenvalue weighted by molar-refractivity contribution is -0.686. The Morgan fingerprint density at radius 3 is 2.62 bits per heavy atom. The zero-order chi connectivity index (χ0) is 15.6. The molecule has 2 unspecified atom stereocenters. The molecule has 114 valence electrons. The summed E-state index contributed by atoms with van der Waals surface area (Å²) in [7, 11) is 0. The highest BCUT2D eigenvalue weighted by molar-refractivity contribution is 9.11. The lowest BCUT2D eigenvalue weighted by atomic mass is 9.82. The molecule has 0 spiro atoms. The van der Waals surface area contributed by atoms with Crippen LogP contribution in [0.3, 0.4) is 0 Å². The van der Waals surface area contributed by atoms with Crippen molar-refractivity contribution in [3.8, 4) is 0 Å². The first kappa shape index (κ1) is 16.6. The van der Waals surface area contributed by atoms with E-state index in [1.54, 1.807) is 11.5 Å². The monoisotopic (exact) mass is 418 g/mol. The number of esters is 1. The van der Waals surface area contributed by atoms with E-state index in [4.69, 9.17) is 4.74 Å². The molecule has 2 atom stereocenters. The van der Waals surface area contributed by atoms with Gasteiger partial charge in [0.15, 0.2) is 18.0 Å². The molecule has 1 saturated heterocycles. The predicted octanol–water partition coefficient (Wildman–Crippen LogP) is 3.19. The van der Waals surface area contributed by atoms with Crippen LogP contribution in [0.25, 0.3) is 0 Å². The SMILES string of the molecule is CCCC1CC(=O)OC1(C)C(=O)C[n+]1cc(Br)cc(Br)c1. The molecule has 0 bridgehead atoms. The molecule has 0 N–H and O–H groups in total. The minimum absolute atomic E-state index is 0.0290. The number of ether oxygens (including phenoxy) is 1. The van der Waals surface area contributed by atoms with Gasteiger partial charge in [0, 0.05) is 5.92 Å². The summed E-state index contributed by atoms with van der Waals surface area (Å²) in [5.74, 6) is -0.370. The Morgan fingerprint density at radius 2 is 2.05 bits per heavy atom. The summed E-state index contributed by atoms with van der Waals surface area (Å²) < 4.78 is 8.93. The van der Waals surface area contributed by atoms with Gasteiger partial charge in [-0.05, 0) is 51.3 Å². The van der Waals surface area contributed by atoms with Gasteiger partial charge in [-0.3, -0.25) is 9.59 Å². The van der Waals surface area contributed by atoms with Gasteiger partial charge in [0.05, 0.1) is 15.4 Å². The van der Waals surface area contributed by atoms with Gasteiger partial charge in [0.2, 0.25) is 12.3 Å². The summed E-state index contributed by atoms with van der Waals surface area (Å²) >= 11 is 6.80. The quantitative estimate of drug-likeness (QED) is 0.543. The zero-order valence-corrected chi connectivity index (χ0v) is 15.2. The maximum atomic E-state index is 12.7. The lowest BCUT2D eigenvalue weighted by Crippen LogP contribution is -2.49. The molecule has 2 heterocycles. The molecule has 1 fully saturated rings. The summed E-state index contributed by atoms with van der Waals surface area (Å²) in [6.07, 6.45) is 5.75. The van der Waals surface area contributed by atoms with Crippen LogP contribution in [0.1, 0.15) is 33.1 Å². The molecule has 0 aromatic carbocycles. The van der Waals surface area contributed by atoms with Crippen molar-refractivity contribution in [2.75, 3.05) is 0 Å². The second kappa shape index (κ2) is 6.57. The number of ketones is 1. The van der Waals surface area contributed by atoms with E-state index in [1.165, 1.54) is 0 Å². The number of halogens is 2. The number of pyridine rings is 1. The van der Waals surface area contributed by atoms with Crippen molar-refractivity contribution in [2.24, 2.45) is 5.92 Å². The van der Waals surface area contributed by atoms with E-state index < -0.39 is 5.60 Å². The molecule has 1 aromatic heterocycles. The molecule has 6 heteroatoms. The van der Waals surface area contributed by atoms with Gasteiger partial charge in [-0.1, -0.05) is 13.3 Å². The Labute approximate surface area is 141 Å². The molecule has 21 heavy (non-hydrogen) atoms. The van der Waals surface area contributed by atoms with E-state index in [1.807, 2.05) is 25.4 Å². The van der Waals surface area contributed by atoms with Crippen molar-refractivity contribution in [3.05, 3.63) is 27.4 Å². The second-order valence-electron chi connectivity index (χ2n) is 5.54. The smallest absolute Gasteiger partial charge is 0.307 e. The van der Waals surface area contributed by atoms with Crippen LogP contribution in [-0.2, 0) is 20.9 Å². The van der Waals surface area contributed by atoms with Crippen LogP contribution >= 0.6 is 31.9 Å². The third kappa shape index (κ3) is 3.72. The lowest BCUT2D eigenvalue weighted by Gasteiger charge is -2.26. The maximum absolute atomic E-state index is 12.7. The van der Waals surface area contributed by atoms with Crippen LogP contribution in [0.5, 0.6) is 0 Å². The van der Waals surface area contributed by atoms with E-state index in [9.17, 15) is 9.59 Å². The molecule has 1 aliphatic heterocycles. The number of hydrogen-bond acceptors (Lipinski definition) is 3. The number of carbonyl (C=O) groups excluding carboxylic acids is 2. The van der Waals surface area contributed by atoms with Gasteiger partial charge >= 0.3 is 5.97 Å². The Hall–Kier alpha value is -0.750. The zero-order valence-electron chi connectivity index (χ0n) is 12.1. The summed E-state index contributed by atoms with van der Waals surface area (Å²) in [6.45, 7) is 3.98. The number of cyclic esters (lactones) is 1. The van der Waals surface area contributed by atoms with Crippen LogP contribution in [0.4, 0.5) is 0 Å². The van der Waals surface area contributed by atoms with E-state index in [-0.39, 0.29) is 24.2 Å². The summed E-state index contributed by atoms with van der Waals surface area (Å²) in [6, 6.07) is 1.90. The highest BCUT2D eigenvalue weighted by Gasteiger charge is 2.51. The van der Waals surface area contributed by atoms with E-state index >= 15 is 0 Å². The first-order valence-corrected chi connectivity index (χ1v) is 8.54. The second-order valence-corrected chi connectivity index (χ2v) is 7.37. The Kier molecular flexibility index (Phi) is 5.20. The summed E-state index contributed by atoms with van der Waals surface area (Å²) in [4.78, 5) is 24.3. The highest BCUT2D eigenvalue weighted by Crippen LogP contribution is 2.36. The van der Waals surface area contributed by atoms with E-state index in [0.717, 1.165) is 21.8 Å². The van der Waals surface area contributed by atoms with E-state index in [0.29, 0.717) is 6.42 Å². The fourth-order valence-electron chi connectivity index (χ4n) is 2.74. The molecule has 1 aliphatic rings.